The van der Waals surface area contributed by atoms with Crippen molar-refractivity contribution in [2.75, 3.05) is 39.0 Å². The maximum absolute atomic E-state index is 10.1. The Morgan fingerprint density at radius 3 is 2.47 bits per heavy atom. The van der Waals surface area contributed by atoms with Gasteiger partial charge in [-0.3, -0.25) is 0 Å². The molecule has 1 saturated carbocycles. The summed E-state index contributed by atoms with van der Waals surface area (Å²) in [4.78, 5) is 2.39. The third kappa shape index (κ3) is 4.92. The molecule has 0 aromatic heterocycles. The van der Waals surface area contributed by atoms with E-state index >= 15 is 0 Å². The van der Waals surface area contributed by atoms with Crippen LogP contribution in [0.5, 0.6) is 0 Å². The third-order valence-electron chi connectivity index (χ3n) is 4.69. The first-order valence-corrected chi connectivity index (χ1v) is 9.13. The highest BCUT2D eigenvalue weighted by molar-refractivity contribution is 8.00. The molecule has 3 nitrogen and oxygen atoms in total. The first-order chi connectivity index (χ1) is 9.24. The molecule has 2 aliphatic rings. The van der Waals surface area contributed by atoms with E-state index in [1.807, 2.05) is 11.8 Å². The van der Waals surface area contributed by atoms with Crippen molar-refractivity contribution in [3.8, 4) is 0 Å². The van der Waals surface area contributed by atoms with Crippen molar-refractivity contribution < 1.29 is 5.11 Å². The molecule has 0 bridgehead atoms. The molecule has 1 atom stereocenters. The highest BCUT2D eigenvalue weighted by Gasteiger charge is 2.30. The van der Waals surface area contributed by atoms with Gasteiger partial charge in [0.15, 0.2) is 0 Å². The quantitative estimate of drug-likeness (QED) is 0.751. The zero-order chi connectivity index (χ0) is 13.6. The van der Waals surface area contributed by atoms with E-state index in [1.165, 1.54) is 58.0 Å². The van der Waals surface area contributed by atoms with Gasteiger partial charge in [-0.05, 0) is 45.0 Å². The van der Waals surface area contributed by atoms with Crippen LogP contribution < -0.4 is 5.32 Å². The van der Waals surface area contributed by atoms with Crippen LogP contribution in [0.25, 0.3) is 0 Å². The molecule has 1 aliphatic heterocycles. The average Bonchev–Trinajstić information content (AvgIpc) is 2.92. The number of thioether (sulfide) groups is 1. The lowest BCUT2D eigenvalue weighted by atomic mass is 9.88. The van der Waals surface area contributed by atoms with Gasteiger partial charge in [-0.25, -0.2) is 0 Å². The van der Waals surface area contributed by atoms with E-state index in [2.05, 4.69) is 16.5 Å². The molecule has 0 spiro atoms. The minimum atomic E-state index is -0.208. The minimum absolute atomic E-state index is 0.208. The zero-order valence-electron chi connectivity index (χ0n) is 12.4. The maximum Gasteiger partial charge on any atom is 0.0791 e. The van der Waals surface area contributed by atoms with E-state index in [1.54, 1.807) is 0 Å². The van der Waals surface area contributed by atoms with Crippen LogP contribution >= 0.6 is 11.8 Å². The lowest BCUT2D eigenvalue weighted by Gasteiger charge is -2.36. The van der Waals surface area contributed by atoms with E-state index < -0.39 is 0 Å². The Hall–Kier alpha value is 0.230. The smallest absolute Gasteiger partial charge is 0.0791 e. The van der Waals surface area contributed by atoms with E-state index in [9.17, 15) is 5.11 Å². The van der Waals surface area contributed by atoms with Crippen molar-refractivity contribution in [3.05, 3.63) is 0 Å². The molecule has 1 aliphatic carbocycles. The molecule has 1 unspecified atom stereocenters. The standard InChI is InChI=1S/C15H30N2OS/c1-19-15(7-3-2-4-8-15)13-16-11-14(18)12-17-9-5-6-10-17/h14,16,18H,2-13H2,1H3. The molecule has 1 heterocycles. The van der Waals surface area contributed by atoms with Gasteiger partial charge in [0.25, 0.3) is 0 Å². The first-order valence-electron chi connectivity index (χ1n) is 7.90. The van der Waals surface area contributed by atoms with E-state index in [4.69, 9.17) is 0 Å². The lowest BCUT2D eigenvalue weighted by molar-refractivity contribution is 0.122. The van der Waals surface area contributed by atoms with Crippen molar-refractivity contribution in [2.24, 2.45) is 0 Å². The molecule has 2 fully saturated rings. The van der Waals surface area contributed by atoms with Gasteiger partial charge in [-0.1, -0.05) is 19.3 Å². The molecule has 0 radical (unpaired) electrons. The van der Waals surface area contributed by atoms with Crippen LogP contribution in [0.1, 0.15) is 44.9 Å². The predicted molar refractivity (Wildman–Crippen MR) is 83.9 cm³/mol. The van der Waals surface area contributed by atoms with Crippen LogP contribution in [-0.4, -0.2) is 59.8 Å². The van der Waals surface area contributed by atoms with Crippen LogP contribution in [0.15, 0.2) is 0 Å². The van der Waals surface area contributed by atoms with Gasteiger partial charge in [-0.2, -0.15) is 11.8 Å². The Kier molecular flexibility index (Phi) is 6.46. The minimum Gasteiger partial charge on any atom is -0.390 e. The molecule has 4 heteroatoms. The van der Waals surface area contributed by atoms with Gasteiger partial charge >= 0.3 is 0 Å². The number of hydrogen-bond acceptors (Lipinski definition) is 4. The second kappa shape index (κ2) is 7.87. The maximum atomic E-state index is 10.1. The SMILES string of the molecule is CSC1(CNCC(O)CN2CCCC2)CCCCC1. The van der Waals surface area contributed by atoms with E-state index in [-0.39, 0.29) is 6.10 Å². The van der Waals surface area contributed by atoms with Gasteiger partial charge in [-0.15, -0.1) is 0 Å². The predicted octanol–water partition coefficient (Wildman–Crippen LogP) is 2.10. The van der Waals surface area contributed by atoms with Crippen LogP contribution in [0.4, 0.5) is 0 Å². The van der Waals surface area contributed by atoms with E-state index in [0.29, 0.717) is 4.75 Å². The summed E-state index contributed by atoms with van der Waals surface area (Å²) in [6, 6.07) is 0. The van der Waals surface area contributed by atoms with Gasteiger partial charge in [0.1, 0.15) is 0 Å². The van der Waals surface area contributed by atoms with Gasteiger partial charge in [0.05, 0.1) is 6.10 Å². The second-order valence-electron chi connectivity index (χ2n) is 6.24. The summed E-state index contributed by atoms with van der Waals surface area (Å²) in [6.45, 7) is 5.00. The summed E-state index contributed by atoms with van der Waals surface area (Å²) < 4.78 is 0.436. The molecule has 0 amide bonds. The summed E-state index contributed by atoms with van der Waals surface area (Å²) in [7, 11) is 0. The topological polar surface area (TPSA) is 35.5 Å². The largest absolute Gasteiger partial charge is 0.390 e. The molecule has 0 aromatic carbocycles. The molecular weight excluding hydrogens is 256 g/mol. The summed E-state index contributed by atoms with van der Waals surface area (Å²) in [5.41, 5.74) is 0. The molecule has 19 heavy (non-hydrogen) atoms. The Labute approximate surface area is 122 Å². The van der Waals surface area contributed by atoms with Gasteiger partial charge in [0.2, 0.25) is 0 Å². The van der Waals surface area contributed by atoms with Crippen molar-refractivity contribution >= 4 is 11.8 Å². The van der Waals surface area contributed by atoms with Crippen LogP contribution in [0.3, 0.4) is 0 Å². The molecular formula is C15H30N2OS. The normalized spacial score (nSPS) is 25.6. The highest BCUT2D eigenvalue weighted by atomic mass is 32.2. The average molecular weight is 286 g/mol. The summed E-state index contributed by atoms with van der Waals surface area (Å²) in [5, 5.41) is 13.6. The second-order valence-corrected chi connectivity index (χ2v) is 7.51. The first kappa shape index (κ1) is 15.6. The lowest BCUT2D eigenvalue weighted by Crippen LogP contribution is -2.44. The Morgan fingerprint density at radius 2 is 1.84 bits per heavy atom. The van der Waals surface area contributed by atoms with Crippen LogP contribution in [0.2, 0.25) is 0 Å². The van der Waals surface area contributed by atoms with Crippen LogP contribution in [0, 0.1) is 0 Å². The molecule has 1 saturated heterocycles. The van der Waals surface area contributed by atoms with Crippen LogP contribution in [-0.2, 0) is 0 Å². The number of aliphatic hydroxyl groups is 1. The zero-order valence-corrected chi connectivity index (χ0v) is 13.2. The molecule has 2 rings (SSSR count). The number of nitrogens with zero attached hydrogens (tertiary/aromatic N) is 1. The summed E-state index contributed by atoms with van der Waals surface area (Å²) in [6.07, 6.45) is 11.5. The van der Waals surface area contributed by atoms with Crippen molar-refractivity contribution in [1.29, 1.82) is 0 Å². The van der Waals surface area contributed by atoms with Gasteiger partial charge in [0, 0.05) is 24.4 Å². The van der Waals surface area contributed by atoms with Gasteiger partial charge < -0.3 is 15.3 Å². The number of β-amino-alcohol motifs (C(OH)–C–C–N with tert-alkyl or cyclic N) is 1. The van der Waals surface area contributed by atoms with Crippen molar-refractivity contribution in [3.63, 3.8) is 0 Å². The Bertz CT molecular complexity index is 251. The number of nitrogens with one attached hydrogen (secondary N) is 1. The fourth-order valence-corrected chi connectivity index (χ4v) is 4.39. The number of rotatable bonds is 7. The molecule has 0 aromatic rings. The molecule has 112 valence electrons. The Balaban J connectivity index is 1.63. The number of likely N-dealkylation sites (tertiary alicyclic amines) is 1. The van der Waals surface area contributed by atoms with Crippen molar-refractivity contribution in [1.82, 2.24) is 10.2 Å². The highest BCUT2D eigenvalue weighted by Crippen LogP contribution is 2.37. The Morgan fingerprint density at radius 1 is 1.16 bits per heavy atom. The van der Waals surface area contributed by atoms with Crippen molar-refractivity contribution in [2.45, 2.75) is 55.8 Å². The monoisotopic (exact) mass is 286 g/mol. The number of hydrogen-bond donors (Lipinski definition) is 2. The molecule has 2 N–H and O–H groups in total. The fourth-order valence-electron chi connectivity index (χ4n) is 3.44. The third-order valence-corrected chi connectivity index (χ3v) is 6.11. The summed E-state index contributed by atoms with van der Waals surface area (Å²) >= 11 is 2.02. The number of aliphatic hydroxyl groups excluding tert-OH is 1. The summed E-state index contributed by atoms with van der Waals surface area (Å²) in [5.74, 6) is 0. The van der Waals surface area contributed by atoms with E-state index in [0.717, 1.165) is 19.6 Å². The fraction of sp³-hybridized carbons (Fsp3) is 1.00.